The third kappa shape index (κ3) is 2.76. The van der Waals surface area contributed by atoms with E-state index in [2.05, 4.69) is 22.4 Å². The monoisotopic (exact) mass is 211 g/mol. The van der Waals surface area contributed by atoms with Crippen LogP contribution in [0.15, 0.2) is 4.52 Å². The van der Waals surface area contributed by atoms with E-state index in [1.165, 1.54) is 0 Å². The van der Waals surface area contributed by atoms with Crippen LogP contribution in [-0.2, 0) is 11.2 Å². The number of unbranched alkanes of at least 4 members (excludes halogenated alkanes) is 1. The van der Waals surface area contributed by atoms with Crippen molar-refractivity contribution in [3.8, 4) is 0 Å². The van der Waals surface area contributed by atoms with Crippen LogP contribution in [-0.4, -0.2) is 29.9 Å². The highest BCUT2D eigenvalue weighted by Crippen LogP contribution is 2.13. The summed E-state index contributed by atoms with van der Waals surface area (Å²) in [6.07, 6.45) is 3.11. The molecule has 1 aromatic heterocycles. The van der Waals surface area contributed by atoms with Gasteiger partial charge in [-0.25, -0.2) is 0 Å². The summed E-state index contributed by atoms with van der Waals surface area (Å²) in [5.41, 5.74) is 0. The molecule has 1 aliphatic rings. The SMILES string of the molecule is CCCCc1nc(C2COCCN2)no1. The van der Waals surface area contributed by atoms with E-state index in [4.69, 9.17) is 9.26 Å². The van der Waals surface area contributed by atoms with Gasteiger partial charge in [0.15, 0.2) is 5.82 Å². The first-order valence-corrected chi connectivity index (χ1v) is 5.53. The predicted molar refractivity (Wildman–Crippen MR) is 54.5 cm³/mol. The van der Waals surface area contributed by atoms with E-state index >= 15 is 0 Å². The molecular formula is C10H17N3O2. The Labute approximate surface area is 89.2 Å². The van der Waals surface area contributed by atoms with Crippen molar-refractivity contribution in [2.24, 2.45) is 0 Å². The number of aromatic nitrogens is 2. The molecule has 0 amide bonds. The van der Waals surface area contributed by atoms with Crippen molar-refractivity contribution in [2.45, 2.75) is 32.2 Å². The molecule has 1 saturated heterocycles. The van der Waals surface area contributed by atoms with Crippen molar-refractivity contribution in [1.29, 1.82) is 0 Å². The fraction of sp³-hybridized carbons (Fsp3) is 0.800. The Morgan fingerprint density at radius 3 is 3.20 bits per heavy atom. The zero-order valence-corrected chi connectivity index (χ0v) is 9.03. The summed E-state index contributed by atoms with van der Waals surface area (Å²) in [4.78, 5) is 4.35. The molecule has 84 valence electrons. The minimum Gasteiger partial charge on any atom is -0.378 e. The van der Waals surface area contributed by atoms with Crippen LogP contribution in [0.25, 0.3) is 0 Å². The molecule has 2 heterocycles. The molecule has 5 heteroatoms. The number of morpholine rings is 1. The lowest BCUT2D eigenvalue weighted by molar-refractivity contribution is 0.0734. The molecule has 1 fully saturated rings. The zero-order valence-electron chi connectivity index (χ0n) is 9.03. The van der Waals surface area contributed by atoms with Crippen LogP contribution in [0.1, 0.15) is 37.5 Å². The Morgan fingerprint density at radius 2 is 2.47 bits per heavy atom. The van der Waals surface area contributed by atoms with Crippen molar-refractivity contribution in [3.05, 3.63) is 11.7 Å². The standard InChI is InChI=1S/C10H17N3O2/c1-2-3-4-9-12-10(13-15-9)8-7-14-6-5-11-8/h8,11H,2-7H2,1H3. The summed E-state index contributed by atoms with van der Waals surface area (Å²) in [5.74, 6) is 1.46. The lowest BCUT2D eigenvalue weighted by Crippen LogP contribution is -2.35. The molecule has 1 N–H and O–H groups in total. The van der Waals surface area contributed by atoms with Gasteiger partial charge >= 0.3 is 0 Å². The average Bonchev–Trinajstić information content (AvgIpc) is 2.76. The maximum atomic E-state index is 5.34. The van der Waals surface area contributed by atoms with E-state index in [-0.39, 0.29) is 6.04 Å². The van der Waals surface area contributed by atoms with E-state index in [1.807, 2.05) is 0 Å². The van der Waals surface area contributed by atoms with Gasteiger partial charge in [0.05, 0.1) is 19.3 Å². The van der Waals surface area contributed by atoms with Gasteiger partial charge in [0.25, 0.3) is 0 Å². The van der Waals surface area contributed by atoms with Gasteiger partial charge in [0.2, 0.25) is 5.89 Å². The predicted octanol–water partition coefficient (Wildman–Crippen LogP) is 1.07. The summed E-state index contributed by atoms with van der Waals surface area (Å²) < 4.78 is 10.5. The summed E-state index contributed by atoms with van der Waals surface area (Å²) in [6.45, 7) is 4.39. The van der Waals surface area contributed by atoms with Crippen LogP contribution in [0, 0.1) is 0 Å². The molecule has 1 atom stereocenters. The molecule has 0 aliphatic carbocycles. The van der Waals surface area contributed by atoms with Crippen LogP contribution >= 0.6 is 0 Å². The number of hydrogen-bond acceptors (Lipinski definition) is 5. The molecule has 5 nitrogen and oxygen atoms in total. The quantitative estimate of drug-likeness (QED) is 0.807. The Hall–Kier alpha value is -0.940. The second-order valence-electron chi connectivity index (χ2n) is 3.73. The molecule has 1 unspecified atom stereocenters. The molecule has 0 bridgehead atoms. The summed E-state index contributed by atoms with van der Waals surface area (Å²) in [5, 5.41) is 7.26. The van der Waals surface area contributed by atoms with Crippen molar-refractivity contribution >= 4 is 0 Å². The molecule has 0 radical (unpaired) electrons. The first-order valence-electron chi connectivity index (χ1n) is 5.53. The number of ether oxygens (including phenoxy) is 1. The molecule has 0 aromatic carbocycles. The lowest BCUT2D eigenvalue weighted by Gasteiger charge is -2.20. The van der Waals surface area contributed by atoms with Crippen molar-refractivity contribution in [2.75, 3.05) is 19.8 Å². The highest BCUT2D eigenvalue weighted by atomic mass is 16.5. The fourth-order valence-electron chi connectivity index (χ4n) is 1.57. The van der Waals surface area contributed by atoms with E-state index in [1.54, 1.807) is 0 Å². The number of nitrogens with zero attached hydrogens (tertiary/aromatic N) is 2. The Kier molecular flexibility index (Phi) is 3.69. The summed E-state index contributed by atoms with van der Waals surface area (Å²) in [7, 11) is 0. The van der Waals surface area contributed by atoms with E-state index in [0.29, 0.717) is 6.61 Å². The van der Waals surface area contributed by atoms with Gasteiger partial charge in [-0.3, -0.25) is 0 Å². The summed E-state index contributed by atoms with van der Waals surface area (Å²) >= 11 is 0. The molecule has 1 aliphatic heterocycles. The van der Waals surface area contributed by atoms with Crippen LogP contribution in [0.4, 0.5) is 0 Å². The highest BCUT2D eigenvalue weighted by molar-refractivity contribution is 4.95. The topological polar surface area (TPSA) is 60.2 Å². The van der Waals surface area contributed by atoms with E-state index in [9.17, 15) is 0 Å². The first-order chi connectivity index (χ1) is 7.40. The third-order valence-electron chi connectivity index (χ3n) is 2.46. The van der Waals surface area contributed by atoms with Crippen molar-refractivity contribution in [1.82, 2.24) is 15.5 Å². The average molecular weight is 211 g/mol. The molecular weight excluding hydrogens is 194 g/mol. The minimum absolute atomic E-state index is 0.0953. The molecule has 0 saturated carbocycles. The molecule has 0 spiro atoms. The van der Waals surface area contributed by atoms with Gasteiger partial charge in [-0.2, -0.15) is 4.98 Å². The van der Waals surface area contributed by atoms with Crippen LogP contribution in [0.3, 0.4) is 0 Å². The summed E-state index contributed by atoms with van der Waals surface area (Å²) in [6, 6.07) is 0.0953. The Morgan fingerprint density at radius 1 is 1.53 bits per heavy atom. The van der Waals surface area contributed by atoms with Gasteiger partial charge in [-0.1, -0.05) is 18.5 Å². The van der Waals surface area contributed by atoms with Gasteiger partial charge in [0, 0.05) is 13.0 Å². The first kappa shape index (κ1) is 10.6. The Balaban J connectivity index is 1.93. The second-order valence-corrected chi connectivity index (χ2v) is 3.73. The molecule has 15 heavy (non-hydrogen) atoms. The Bertz CT molecular complexity index is 295. The van der Waals surface area contributed by atoms with Gasteiger partial charge < -0.3 is 14.6 Å². The fourth-order valence-corrected chi connectivity index (χ4v) is 1.57. The molecule has 2 rings (SSSR count). The smallest absolute Gasteiger partial charge is 0.226 e. The van der Waals surface area contributed by atoms with Crippen molar-refractivity contribution in [3.63, 3.8) is 0 Å². The number of nitrogens with one attached hydrogen (secondary N) is 1. The maximum absolute atomic E-state index is 5.34. The van der Waals surface area contributed by atoms with Gasteiger partial charge in [0.1, 0.15) is 0 Å². The van der Waals surface area contributed by atoms with Gasteiger partial charge in [-0.15, -0.1) is 0 Å². The van der Waals surface area contributed by atoms with Gasteiger partial charge in [-0.05, 0) is 6.42 Å². The van der Waals surface area contributed by atoms with Crippen LogP contribution in [0.5, 0.6) is 0 Å². The molecule has 1 aromatic rings. The van der Waals surface area contributed by atoms with Crippen LogP contribution < -0.4 is 5.32 Å². The lowest BCUT2D eigenvalue weighted by atomic mass is 10.2. The van der Waals surface area contributed by atoms with E-state index in [0.717, 1.165) is 44.1 Å². The second kappa shape index (κ2) is 5.23. The number of hydrogen-bond donors (Lipinski definition) is 1. The largest absolute Gasteiger partial charge is 0.378 e. The maximum Gasteiger partial charge on any atom is 0.226 e. The number of rotatable bonds is 4. The third-order valence-corrected chi connectivity index (χ3v) is 2.46. The van der Waals surface area contributed by atoms with E-state index < -0.39 is 0 Å². The normalized spacial score (nSPS) is 21.8. The van der Waals surface area contributed by atoms with Crippen LogP contribution in [0.2, 0.25) is 0 Å². The highest BCUT2D eigenvalue weighted by Gasteiger charge is 2.20. The zero-order chi connectivity index (χ0) is 10.5. The van der Waals surface area contributed by atoms with Crippen molar-refractivity contribution < 1.29 is 9.26 Å². The minimum atomic E-state index is 0.0953. The number of aryl methyl sites for hydroxylation is 1.